The number of nitrogens with zero attached hydrogens (tertiary/aromatic N) is 2. The summed E-state index contributed by atoms with van der Waals surface area (Å²) in [5, 5.41) is 5.83. The highest BCUT2D eigenvalue weighted by Gasteiger charge is 2.26. The summed E-state index contributed by atoms with van der Waals surface area (Å²) in [4.78, 5) is 27.7. The van der Waals surface area contributed by atoms with E-state index in [0.29, 0.717) is 22.6 Å². The molecule has 2 N–H and O–H groups in total. The van der Waals surface area contributed by atoms with Crippen LogP contribution in [0, 0.1) is 26.7 Å². The van der Waals surface area contributed by atoms with E-state index in [0.717, 1.165) is 37.2 Å². The molecule has 0 spiro atoms. The molecule has 10 heteroatoms. The predicted molar refractivity (Wildman–Crippen MR) is 146 cm³/mol. The molecule has 1 aliphatic rings. The number of piperidine rings is 1. The first kappa shape index (κ1) is 28.6. The maximum atomic E-state index is 13.2. The Morgan fingerprint density at radius 1 is 1.03 bits per heavy atom. The Bertz CT molecular complexity index is 1230. The zero-order chi connectivity index (χ0) is 27.3. The van der Waals surface area contributed by atoms with Crippen LogP contribution in [0.25, 0.3) is 0 Å². The minimum absolute atomic E-state index is 0.00234. The van der Waals surface area contributed by atoms with Crippen LogP contribution in [0.3, 0.4) is 0 Å². The number of carbonyl (C=O) groups is 2. The van der Waals surface area contributed by atoms with Crippen molar-refractivity contribution in [2.75, 3.05) is 51.5 Å². The van der Waals surface area contributed by atoms with Gasteiger partial charge in [0.2, 0.25) is 21.8 Å². The third-order valence-corrected chi connectivity index (χ3v) is 9.01. The molecule has 1 saturated heterocycles. The second-order valence-corrected chi connectivity index (χ2v) is 11.8. The Morgan fingerprint density at radius 3 is 2.22 bits per heavy atom. The first-order valence-corrected chi connectivity index (χ1v) is 13.9. The van der Waals surface area contributed by atoms with Gasteiger partial charge in [0.15, 0.2) is 0 Å². The maximum Gasteiger partial charge on any atom is 0.243 e. The Balaban J connectivity index is 1.57. The number of sulfonamides is 1. The van der Waals surface area contributed by atoms with E-state index in [1.165, 1.54) is 18.5 Å². The molecule has 0 aromatic heterocycles. The van der Waals surface area contributed by atoms with Crippen LogP contribution in [0.5, 0.6) is 5.75 Å². The van der Waals surface area contributed by atoms with Gasteiger partial charge in [-0.05, 0) is 101 Å². The lowest BCUT2D eigenvalue weighted by Crippen LogP contribution is -2.36. The zero-order valence-corrected chi connectivity index (χ0v) is 23.4. The Labute approximate surface area is 220 Å². The maximum absolute atomic E-state index is 13.2. The fourth-order valence-electron chi connectivity index (χ4n) is 4.58. The van der Waals surface area contributed by atoms with Gasteiger partial charge in [-0.15, -0.1) is 0 Å². The molecule has 0 saturated carbocycles. The third-order valence-electron chi connectivity index (χ3n) is 6.85. The summed E-state index contributed by atoms with van der Waals surface area (Å²) < 4.78 is 32.7. The normalized spacial score (nSPS) is 15.0. The zero-order valence-electron chi connectivity index (χ0n) is 22.6. The van der Waals surface area contributed by atoms with Crippen molar-refractivity contribution in [3.8, 4) is 5.75 Å². The van der Waals surface area contributed by atoms with Crippen LogP contribution in [0.1, 0.15) is 36.0 Å². The van der Waals surface area contributed by atoms with Gasteiger partial charge in [-0.2, -0.15) is 0 Å². The number of carbonyl (C=O) groups excluding carboxylic acids is 2. The van der Waals surface area contributed by atoms with Crippen molar-refractivity contribution in [3.05, 3.63) is 47.0 Å². The molecule has 1 fully saturated rings. The largest absolute Gasteiger partial charge is 0.497 e. The van der Waals surface area contributed by atoms with Crippen LogP contribution in [0.4, 0.5) is 11.4 Å². The molecule has 9 nitrogen and oxygen atoms in total. The van der Waals surface area contributed by atoms with Crippen molar-refractivity contribution in [1.29, 1.82) is 0 Å². The molecule has 2 aromatic carbocycles. The number of nitrogens with one attached hydrogen (secondary N) is 2. The minimum Gasteiger partial charge on any atom is -0.497 e. The van der Waals surface area contributed by atoms with Crippen LogP contribution in [0.2, 0.25) is 0 Å². The molecule has 3 rings (SSSR count). The molecule has 0 bridgehead atoms. The smallest absolute Gasteiger partial charge is 0.243 e. The summed E-state index contributed by atoms with van der Waals surface area (Å²) in [5.74, 6) is 0.333. The molecule has 0 aliphatic carbocycles. The van der Waals surface area contributed by atoms with Crippen LogP contribution >= 0.6 is 0 Å². The molecular weight excluding hydrogens is 492 g/mol. The lowest BCUT2D eigenvalue weighted by molar-refractivity contribution is -0.121. The first-order chi connectivity index (χ1) is 17.4. The van der Waals surface area contributed by atoms with Crippen molar-refractivity contribution in [2.24, 2.45) is 5.92 Å². The molecular formula is C27H38N4O5S. The lowest BCUT2D eigenvalue weighted by Gasteiger charge is -2.28. The van der Waals surface area contributed by atoms with Crippen molar-refractivity contribution >= 4 is 33.2 Å². The van der Waals surface area contributed by atoms with E-state index in [4.69, 9.17) is 4.74 Å². The average Bonchev–Trinajstić information content (AvgIpc) is 2.83. The van der Waals surface area contributed by atoms with Crippen molar-refractivity contribution in [2.45, 2.75) is 44.9 Å². The molecule has 37 heavy (non-hydrogen) atoms. The van der Waals surface area contributed by atoms with Gasteiger partial charge < -0.3 is 20.3 Å². The van der Waals surface area contributed by atoms with E-state index in [9.17, 15) is 18.0 Å². The predicted octanol–water partition coefficient (Wildman–Crippen LogP) is 3.55. The van der Waals surface area contributed by atoms with E-state index in [1.807, 2.05) is 6.92 Å². The number of rotatable bonds is 9. The number of aryl methyl sites for hydroxylation is 3. The first-order valence-electron chi connectivity index (χ1n) is 12.4. The Kier molecular flexibility index (Phi) is 9.33. The molecule has 1 aliphatic heterocycles. The van der Waals surface area contributed by atoms with Gasteiger partial charge in [-0.25, -0.2) is 12.7 Å². The molecule has 2 aromatic rings. The number of likely N-dealkylation sites (tertiary alicyclic amines) is 1. The number of amides is 2. The van der Waals surface area contributed by atoms with E-state index in [-0.39, 0.29) is 35.6 Å². The fraction of sp³-hybridized carbons (Fsp3) is 0.481. The molecule has 0 atom stereocenters. The lowest BCUT2D eigenvalue weighted by atomic mass is 9.96. The van der Waals surface area contributed by atoms with E-state index in [2.05, 4.69) is 22.6 Å². The third kappa shape index (κ3) is 7.09. The van der Waals surface area contributed by atoms with Gasteiger partial charge in [-0.1, -0.05) is 0 Å². The highest BCUT2D eigenvalue weighted by molar-refractivity contribution is 7.89. The van der Waals surface area contributed by atoms with Gasteiger partial charge in [0.1, 0.15) is 5.75 Å². The Morgan fingerprint density at radius 2 is 1.65 bits per heavy atom. The summed E-state index contributed by atoms with van der Waals surface area (Å²) in [6.07, 6.45) is 1.69. The topological polar surface area (TPSA) is 108 Å². The summed E-state index contributed by atoms with van der Waals surface area (Å²) in [6.45, 7) is 7.19. The van der Waals surface area contributed by atoms with Crippen LogP contribution < -0.4 is 15.4 Å². The number of hydrogen-bond acceptors (Lipinski definition) is 6. The van der Waals surface area contributed by atoms with E-state index < -0.39 is 10.0 Å². The van der Waals surface area contributed by atoms with Gasteiger partial charge in [0.05, 0.1) is 12.0 Å². The molecule has 0 radical (unpaired) electrons. The van der Waals surface area contributed by atoms with Gasteiger partial charge >= 0.3 is 0 Å². The van der Waals surface area contributed by atoms with Crippen LogP contribution in [-0.2, 0) is 19.6 Å². The summed E-state index contributed by atoms with van der Waals surface area (Å²) in [7, 11) is 1.29. The quantitative estimate of drug-likeness (QED) is 0.513. The van der Waals surface area contributed by atoms with Crippen LogP contribution in [-0.4, -0.2) is 70.3 Å². The highest BCUT2D eigenvalue weighted by Crippen LogP contribution is 2.28. The van der Waals surface area contributed by atoms with Gasteiger partial charge in [-0.3, -0.25) is 9.59 Å². The monoisotopic (exact) mass is 530 g/mol. The van der Waals surface area contributed by atoms with E-state index in [1.54, 1.807) is 44.2 Å². The van der Waals surface area contributed by atoms with Gasteiger partial charge in [0, 0.05) is 37.3 Å². The van der Waals surface area contributed by atoms with E-state index >= 15 is 0 Å². The number of benzene rings is 2. The molecule has 2 amide bonds. The Hall–Kier alpha value is -2.95. The minimum atomic E-state index is -3.78. The number of hydrogen-bond donors (Lipinski definition) is 2. The summed E-state index contributed by atoms with van der Waals surface area (Å²) in [5.41, 5.74) is 3.33. The van der Waals surface area contributed by atoms with Gasteiger partial charge in [0.25, 0.3) is 0 Å². The second-order valence-electron chi connectivity index (χ2n) is 9.81. The molecule has 202 valence electrons. The van der Waals surface area contributed by atoms with Crippen molar-refractivity contribution < 1.29 is 22.7 Å². The summed E-state index contributed by atoms with van der Waals surface area (Å²) in [6, 6.07) is 8.68. The van der Waals surface area contributed by atoms with Crippen LogP contribution in [0.15, 0.2) is 35.2 Å². The molecule has 0 unspecified atom stereocenters. The standard InChI is InChI=1S/C27H38N4O5S/c1-18-15-22(7-8-24(18)29-27(33)21-9-12-30(4)13-10-21)28-25(32)11-14-31(5)37(34,35)26-19(2)16-23(36-6)17-20(26)3/h7-8,15-17,21H,9-14H2,1-6H3,(H,28,32)(H,29,33). The van der Waals surface area contributed by atoms with Crippen molar-refractivity contribution in [1.82, 2.24) is 9.21 Å². The van der Waals surface area contributed by atoms with Crippen molar-refractivity contribution in [3.63, 3.8) is 0 Å². The fourth-order valence-corrected chi connectivity index (χ4v) is 6.16. The number of methoxy groups -OCH3 is 1. The summed E-state index contributed by atoms with van der Waals surface area (Å²) >= 11 is 0. The molecule has 1 heterocycles. The highest BCUT2D eigenvalue weighted by atomic mass is 32.2. The average molecular weight is 531 g/mol. The number of ether oxygens (including phenoxy) is 1. The SMILES string of the molecule is COc1cc(C)c(S(=O)(=O)N(C)CCC(=O)Nc2ccc(NC(=O)C3CCN(C)CC3)c(C)c2)c(C)c1. The number of anilines is 2. The second kappa shape index (κ2) is 12.1.